The molecule has 0 fully saturated rings. The van der Waals surface area contributed by atoms with Crippen LogP contribution in [-0.2, 0) is 11.0 Å². The molecule has 3 heterocycles. The zero-order valence-electron chi connectivity index (χ0n) is 15.5. The monoisotopic (exact) mass is 426 g/mol. The molecule has 0 radical (unpaired) electrons. The van der Waals surface area contributed by atoms with Crippen molar-refractivity contribution in [1.82, 2.24) is 9.97 Å². The molecule has 3 N–H and O–H groups in total. The minimum Gasteiger partial charge on any atom is -0.393 e. The Morgan fingerprint density at radius 2 is 2.03 bits per heavy atom. The maximum atomic E-state index is 14.3. The molecule has 1 atom stereocenters. The molecule has 3 rings (SSSR count). The Kier molecular flexibility index (Phi) is 6.32. The van der Waals surface area contributed by atoms with Gasteiger partial charge in [-0.15, -0.1) is 0 Å². The number of pyridine rings is 2. The molecule has 1 amide bonds. The van der Waals surface area contributed by atoms with Crippen LogP contribution < -0.4 is 10.2 Å². The van der Waals surface area contributed by atoms with Crippen molar-refractivity contribution >= 4 is 17.4 Å². The van der Waals surface area contributed by atoms with Gasteiger partial charge in [-0.1, -0.05) is 6.08 Å². The van der Waals surface area contributed by atoms with E-state index in [1.807, 2.05) is 0 Å². The standard InChI is InChI=1S/C19H18F4N4O3/c20-14-7-12(15(29)10-28)8-25-17(14)27-5-3-11(4-6-27)18(30)26-13-1-2-16(24-9-13)19(21,22)23/h1-3,7-9,15,28-29H,4-6,10H2,(H,26,30)/t15-/m0/s1. The van der Waals surface area contributed by atoms with Gasteiger partial charge in [0, 0.05) is 30.4 Å². The van der Waals surface area contributed by atoms with Crippen molar-refractivity contribution in [2.24, 2.45) is 0 Å². The summed E-state index contributed by atoms with van der Waals surface area (Å²) in [6.07, 6.45) is -1.75. The number of hydrogen-bond acceptors (Lipinski definition) is 6. The summed E-state index contributed by atoms with van der Waals surface area (Å²) in [7, 11) is 0. The van der Waals surface area contributed by atoms with Crippen molar-refractivity contribution in [1.29, 1.82) is 0 Å². The molecule has 160 valence electrons. The zero-order valence-corrected chi connectivity index (χ0v) is 15.5. The Hall–Kier alpha value is -3.05. The zero-order chi connectivity index (χ0) is 21.9. The van der Waals surface area contributed by atoms with E-state index >= 15 is 0 Å². The lowest BCUT2D eigenvalue weighted by molar-refractivity contribution is -0.141. The van der Waals surface area contributed by atoms with Gasteiger partial charge in [-0.25, -0.2) is 14.4 Å². The largest absolute Gasteiger partial charge is 0.433 e. The smallest absolute Gasteiger partial charge is 0.393 e. The van der Waals surface area contributed by atoms with Gasteiger partial charge in [-0.2, -0.15) is 13.2 Å². The van der Waals surface area contributed by atoms with E-state index in [2.05, 4.69) is 15.3 Å². The molecule has 1 aliphatic heterocycles. The van der Waals surface area contributed by atoms with Crippen LogP contribution in [0.25, 0.3) is 0 Å². The van der Waals surface area contributed by atoms with Crippen LogP contribution in [-0.4, -0.2) is 45.8 Å². The molecule has 0 aliphatic carbocycles. The van der Waals surface area contributed by atoms with Crippen LogP contribution in [0, 0.1) is 5.82 Å². The number of nitrogens with one attached hydrogen (secondary N) is 1. The molecule has 2 aromatic heterocycles. The second kappa shape index (κ2) is 8.76. The highest BCUT2D eigenvalue weighted by atomic mass is 19.4. The molecule has 0 saturated carbocycles. The van der Waals surface area contributed by atoms with Crippen molar-refractivity contribution in [2.45, 2.75) is 18.7 Å². The molecule has 0 unspecified atom stereocenters. The normalized spacial score (nSPS) is 15.5. The van der Waals surface area contributed by atoms with E-state index in [0.29, 0.717) is 5.57 Å². The summed E-state index contributed by atoms with van der Waals surface area (Å²) in [5, 5.41) is 21.0. The number of anilines is 2. The highest BCUT2D eigenvalue weighted by molar-refractivity contribution is 6.03. The van der Waals surface area contributed by atoms with Crippen LogP contribution in [0.3, 0.4) is 0 Å². The number of aliphatic hydroxyl groups is 2. The van der Waals surface area contributed by atoms with E-state index in [1.165, 1.54) is 6.20 Å². The lowest BCUT2D eigenvalue weighted by Crippen LogP contribution is -2.32. The third kappa shape index (κ3) is 4.92. The molecule has 0 bridgehead atoms. The summed E-state index contributed by atoms with van der Waals surface area (Å²) in [4.78, 5) is 21.2. The summed E-state index contributed by atoms with van der Waals surface area (Å²) >= 11 is 0. The number of alkyl halides is 3. The first kappa shape index (κ1) is 21.7. The van der Waals surface area contributed by atoms with Crippen LogP contribution in [0.15, 0.2) is 42.2 Å². The van der Waals surface area contributed by atoms with Gasteiger partial charge in [-0.3, -0.25) is 4.79 Å². The SMILES string of the molecule is O=C(Nc1ccc(C(F)(F)F)nc1)C1=CCN(c2ncc([C@@H](O)CO)cc2F)CC1. The van der Waals surface area contributed by atoms with Crippen LogP contribution in [0.2, 0.25) is 0 Å². The number of carbonyl (C=O) groups excluding carboxylic acids is 1. The average Bonchev–Trinajstić information content (AvgIpc) is 2.73. The molecular weight excluding hydrogens is 408 g/mol. The fraction of sp³-hybridized carbons (Fsp3) is 0.316. The Bertz CT molecular complexity index is 948. The van der Waals surface area contributed by atoms with Gasteiger partial charge in [0.25, 0.3) is 5.91 Å². The second-order valence-electron chi connectivity index (χ2n) is 6.58. The van der Waals surface area contributed by atoms with E-state index in [9.17, 15) is 27.5 Å². The number of rotatable bonds is 5. The van der Waals surface area contributed by atoms with Gasteiger partial charge >= 0.3 is 6.18 Å². The first-order chi connectivity index (χ1) is 14.2. The first-order valence-electron chi connectivity index (χ1n) is 8.92. The molecule has 1 aliphatic rings. The molecule has 30 heavy (non-hydrogen) atoms. The van der Waals surface area contributed by atoms with Crippen LogP contribution in [0.4, 0.5) is 29.1 Å². The minimum atomic E-state index is -4.56. The highest BCUT2D eigenvalue weighted by Gasteiger charge is 2.32. The fourth-order valence-corrected chi connectivity index (χ4v) is 2.88. The molecule has 0 aromatic carbocycles. The molecule has 11 heteroatoms. The summed E-state index contributed by atoms with van der Waals surface area (Å²) < 4.78 is 51.9. The number of nitrogens with zero attached hydrogens (tertiary/aromatic N) is 3. The quantitative estimate of drug-likeness (QED) is 0.636. The van der Waals surface area contributed by atoms with Crippen LogP contribution in [0.1, 0.15) is 23.8 Å². The second-order valence-corrected chi connectivity index (χ2v) is 6.58. The molecule has 0 saturated heterocycles. The third-order valence-electron chi connectivity index (χ3n) is 4.51. The lowest BCUT2D eigenvalue weighted by atomic mass is 10.1. The number of aliphatic hydroxyl groups excluding tert-OH is 2. The number of hydrogen-bond donors (Lipinski definition) is 3. The Morgan fingerprint density at radius 3 is 2.57 bits per heavy atom. The van der Waals surface area contributed by atoms with Crippen LogP contribution >= 0.6 is 0 Å². The lowest BCUT2D eigenvalue weighted by Gasteiger charge is -2.27. The van der Waals surface area contributed by atoms with Gasteiger partial charge in [0.1, 0.15) is 11.8 Å². The highest BCUT2D eigenvalue weighted by Crippen LogP contribution is 2.28. The number of carbonyl (C=O) groups is 1. The molecule has 7 nitrogen and oxygen atoms in total. The predicted octanol–water partition coefficient (Wildman–Crippen LogP) is 2.44. The van der Waals surface area contributed by atoms with Crippen molar-refractivity contribution < 1.29 is 32.6 Å². The average molecular weight is 426 g/mol. The predicted molar refractivity (Wildman–Crippen MR) is 99.0 cm³/mol. The van der Waals surface area contributed by atoms with Crippen molar-refractivity contribution in [2.75, 3.05) is 29.9 Å². The van der Waals surface area contributed by atoms with Gasteiger partial charge in [-0.05, 0) is 24.6 Å². The van der Waals surface area contributed by atoms with Gasteiger partial charge < -0.3 is 20.4 Å². The van der Waals surface area contributed by atoms with Gasteiger partial charge in [0.2, 0.25) is 0 Å². The summed E-state index contributed by atoms with van der Waals surface area (Å²) in [5.74, 6) is -1.10. The van der Waals surface area contributed by atoms with Crippen LogP contribution in [0.5, 0.6) is 0 Å². The van der Waals surface area contributed by atoms with Crippen molar-refractivity contribution in [3.63, 3.8) is 0 Å². The molecule has 0 spiro atoms. The molecule has 2 aromatic rings. The van der Waals surface area contributed by atoms with Crippen molar-refractivity contribution in [3.05, 3.63) is 59.3 Å². The van der Waals surface area contributed by atoms with Crippen molar-refractivity contribution in [3.8, 4) is 0 Å². The Balaban J connectivity index is 1.63. The van der Waals surface area contributed by atoms with E-state index in [1.54, 1.807) is 11.0 Å². The Labute approximate surface area is 168 Å². The van der Waals surface area contributed by atoms with E-state index in [0.717, 1.165) is 24.4 Å². The van der Waals surface area contributed by atoms with Gasteiger partial charge in [0.15, 0.2) is 11.6 Å². The number of aromatic nitrogens is 2. The summed E-state index contributed by atoms with van der Waals surface area (Å²) in [6.45, 7) is -0.0734. The number of amides is 1. The third-order valence-corrected chi connectivity index (χ3v) is 4.51. The minimum absolute atomic E-state index is 0.0477. The molecular formula is C19H18F4N4O3. The summed E-state index contributed by atoms with van der Waals surface area (Å²) in [6, 6.07) is 2.98. The topological polar surface area (TPSA) is 98.6 Å². The maximum absolute atomic E-state index is 14.3. The van der Waals surface area contributed by atoms with E-state index in [-0.39, 0.29) is 36.6 Å². The van der Waals surface area contributed by atoms with Gasteiger partial charge in [0.05, 0.1) is 18.5 Å². The maximum Gasteiger partial charge on any atom is 0.433 e. The fourth-order valence-electron chi connectivity index (χ4n) is 2.88. The summed E-state index contributed by atoms with van der Waals surface area (Å²) in [5.41, 5.74) is -0.377. The van der Waals surface area contributed by atoms with E-state index in [4.69, 9.17) is 5.11 Å². The number of halogens is 4. The Morgan fingerprint density at radius 1 is 1.27 bits per heavy atom. The first-order valence-corrected chi connectivity index (χ1v) is 8.92. The van der Waals surface area contributed by atoms with E-state index < -0.39 is 36.3 Å².